The zero-order valence-corrected chi connectivity index (χ0v) is 15.2. The average molecular weight is 332 g/mol. The van der Waals surface area contributed by atoms with Crippen LogP contribution in [-0.2, 0) is 15.5 Å². The first kappa shape index (κ1) is 22.0. The van der Waals surface area contributed by atoms with Gasteiger partial charge in [-0.1, -0.05) is 59.7 Å². The van der Waals surface area contributed by atoms with Crippen molar-refractivity contribution in [1.82, 2.24) is 0 Å². The highest BCUT2D eigenvalue weighted by molar-refractivity contribution is 6.61. The Hall–Kier alpha value is -1.01. The molecule has 0 bridgehead atoms. The highest BCUT2D eigenvalue weighted by Gasteiger charge is 2.36. The monoisotopic (exact) mass is 332 g/mol. The second-order valence-corrected chi connectivity index (χ2v) is 5.69. The lowest BCUT2D eigenvalue weighted by atomic mass is 9.75. The van der Waals surface area contributed by atoms with Crippen LogP contribution in [0.1, 0.15) is 52.7 Å². The van der Waals surface area contributed by atoms with Gasteiger partial charge >= 0.3 is 13.3 Å². The Labute approximate surface area is 138 Å². The van der Waals surface area contributed by atoms with E-state index in [0.29, 0.717) is 18.7 Å². The fraction of sp³-hybridized carbons (Fsp3) is 0.647. The van der Waals surface area contributed by atoms with Crippen molar-refractivity contribution in [1.29, 1.82) is 0 Å². The summed E-state index contributed by atoms with van der Waals surface area (Å²) in [6.07, 6.45) is -4.32. The Morgan fingerprint density at radius 2 is 1.48 bits per heavy atom. The molecule has 132 valence electrons. The summed E-state index contributed by atoms with van der Waals surface area (Å²) in [5.74, 6) is 0. The van der Waals surface area contributed by atoms with Gasteiger partial charge in [0.25, 0.3) is 0 Å². The summed E-state index contributed by atoms with van der Waals surface area (Å²) in [6, 6.07) is 3.97. The molecule has 2 nitrogen and oxygen atoms in total. The number of hydrogen-bond acceptors (Lipinski definition) is 2. The molecule has 1 saturated heterocycles. The topological polar surface area (TPSA) is 18.5 Å². The van der Waals surface area contributed by atoms with E-state index in [1.54, 1.807) is 0 Å². The van der Waals surface area contributed by atoms with Gasteiger partial charge in [-0.2, -0.15) is 13.2 Å². The van der Waals surface area contributed by atoms with E-state index in [1.807, 2.05) is 41.5 Å². The zero-order chi connectivity index (χ0) is 18.3. The summed E-state index contributed by atoms with van der Waals surface area (Å²) in [4.78, 5) is 0. The highest BCUT2D eigenvalue weighted by atomic mass is 19.4. The molecule has 1 aromatic carbocycles. The van der Waals surface area contributed by atoms with Gasteiger partial charge < -0.3 is 9.31 Å². The first-order valence-electron chi connectivity index (χ1n) is 8.10. The van der Waals surface area contributed by atoms with Gasteiger partial charge in [0.15, 0.2) is 0 Å². The van der Waals surface area contributed by atoms with Crippen LogP contribution in [0.3, 0.4) is 0 Å². The predicted octanol–water partition coefficient (Wildman–Crippen LogP) is 4.83. The Kier molecular flexibility index (Phi) is 8.92. The van der Waals surface area contributed by atoms with Crippen molar-refractivity contribution in [2.75, 3.05) is 13.2 Å². The summed E-state index contributed by atoms with van der Waals surface area (Å²) in [5, 5.41) is 0. The third kappa shape index (κ3) is 6.55. The van der Waals surface area contributed by atoms with E-state index in [9.17, 15) is 13.2 Å². The molecule has 23 heavy (non-hydrogen) atoms. The van der Waals surface area contributed by atoms with Gasteiger partial charge in [0, 0.05) is 18.6 Å². The van der Waals surface area contributed by atoms with Crippen LogP contribution in [-0.4, -0.2) is 20.3 Å². The van der Waals surface area contributed by atoms with E-state index in [2.05, 4.69) is 0 Å². The summed E-state index contributed by atoms with van der Waals surface area (Å²) < 4.78 is 49.1. The quantitative estimate of drug-likeness (QED) is 0.686. The van der Waals surface area contributed by atoms with Crippen molar-refractivity contribution < 1.29 is 22.5 Å². The molecule has 0 amide bonds. The zero-order valence-electron chi connectivity index (χ0n) is 15.2. The first-order valence-corrected chi connectivity index (χ1v) is 8.10. The number of aryl methyl sites for hydroxylation is 1. The molecule has 2 rings (SSSR count). The highest BCUT2D eigenvalue weighted by Crippen LogP contribution is 2.31. The number of rotatable bonds is 1. The Bertz CT molecular complexity index is 463. The van der Waals surface area contributed by atoms with Gasteiger partial charge in [-0.25, -0.2) is 0 Å². The number of benzene rings is 1. The summed E-state index contributed by atoms with van der Waals surface area (Å²) >= 11 is 0. The molecule has 1 heterocycles. The largest absolute Gasteiger partial charge is 0.493 e. The molecular weight excluding hydrogens is 304 g/mol. The summed E-state index contributed by atoms with van der Waals surface area (Å²) in [7, 11) is -0.575. The van der Waals surface area contributed by atoms with E-state index in [1.165, 1.54) is 19.1 Å². The van der Waals surface area contributed by atoms with Gasteiger partial charge in [-0.15, -0.1) is 0 Å². The van der Waals surface area contributed by atoms with Crippen LogP contribution in [0.15, 0.2) is 18.2 Å². The normalized spacial score (nSPS) is 16.7. The van der Waals surface area contributed by atoms with Gasteiger partial charge in [0.05, 0.1) is 5.56 Å². The van der Waals surface area contributed by atoms with Gasteiger partial charge in [-0.05, 0) is 17.9 Å². The lowest BCUT2D eigenvalue weighted by Crippen LogP contribution is -2.47. The fourth-order valence-electron chi connectivity index (χ4n) is 2.04. The van der Waals surface area contributed by atoms with E-state index in [-0.39, 0.29) is 11.0 Å². The van der Waals surface area contributed by atoms with Crippen LogP contribution >= 0.6 is 0 Å². The molecule has 6 heteroatoms. The third-order valence-electron chi connectivity index (χ3n) is 3.08. The Balaban J connectivity index is 0.00000112. The second kappa shape index (κ2) is 9.33. The molecule has 1 aliphatic rings. The molecule has 0 radical (unpaired) electrons. The molecule has 0 saturated carbocycles. The lowest BCUT2D eigenvalue weighted by Gasteiger charge is -2.33. The molecule has 0 aliphatic carbocycles. The summed E-state index contributed by atoms with van der Waals surface area (Å²) in [5.41, 5.74) is 0.132. The molecule has 0 spiro atoms. The molecule has 0 unspecified atom stereocenters. The van der Waals surface area contributed by atoms with Crippen molar-refractivity contribution in [3.05, 3.63) is 29.3 Å². The Morgan fingerprint density at radius 1 is 1.00 bits per heavy atom. The molecule has 1 aromatic rings. The minimum absolute atomic E-state index is 0.0581. The van der Waals surface area contributed by atoms with Crippen LogP contribution in [0, 0.1) is 12.3 Å². The SMILES string of the molecule is CC.CC.Cc1cc(B2OCC(C)(C)CO2)ccc1C(F)(F)F. The maximum atomic E-state index is 12.7. The van der Waals surface area contributed by atoms with Crippen LogP contribution in [0.25, 0.3) is 0 Å². The summed E-state index contributed by atoms with van der Waals surface area (Å²) in [6.45, 7) is 14.5. The van der Waals surface area contributed by atoms with Crippen molar-refractivity contribution in [3.8, 4) is 0 Å². The minimum Gasteiger partial charge on any atom is -0.407 e. The van der Waals surface area contributed by atoms with Gasteiger partial charge in [-0.3, -0.25) is 0 Å². The van der Waals surface area contributed by atoms with E-state index < -0.39 is 18.9 Å². The van der Waals surface area contributed by atoms with Crippen molar-refractivity contribution in [2.45, 2.75) is 54.6 Å². The molecule has 1 aliphatic heterocycles. The minimum atomic E-state index is -4.32. The number of hydrogen-bond donors (Lipinski definition) is 0. The average Bonchev–Trinajstić information content (AvgIpc) is 2.50. The molecule has 0 N–H and O–H groups in total. The smallest absolute Gasteiger partial charge is 0.407 e. The van der Waals surface area contributed by atoms with E-state index >= 15 is 0 Å². The van der Waals surface area contributed by atoms with Crippen molar-refractivity contribution in [2.24, 2.45) is 5.41 Å². The number of alkyl halides is 3. The van der Waals surface area contributed by atoms with Crippen LogP contribution in [0.2, 0.25) is 0 Å². The third-order valence-corrected chi connectivity index (χ3v) is 3.08. The van der Waals surface area contributed by atoms with Gasteiger partial charge in [0.1, 0.15) is 0 Å². The maximum Gasteiger partial charge on any atom is 0.493 e. The Morgan fingerprint density at radius 3 is 1.87 bits per heavy atom. The van der Waals surface area contributed by atoms with Crippen LogP contribution < -0.4 is 5.46 Å². The molecule has 1 fully saturated rings. The molecule has 0 aromatic heterocycles. The van der Waals surface area contributed by atoms with E-state index in [0.717, 1.165) is 6.07 Å². The lowest BCUT2D eigenvalue weighted by molar-refractivity contribution is -0.138. The molecular formula is C17H28BF3O2. The standard InChI is InChI=1S/C13H16BF3O2.2C2H6/c1-9-6-10(4-5-11(9)13(15,16)17)14-18-7-12(2,3)8-19-14;2*1-2/h4-6H,7-8H2,1-3H3;2*1-2H3. The van der Waals surface area contributed by atoms with Crippen molar-refractivity contribution in [3.63, 3.8) is 0 Å². The molecule has 0 atom stereocenters. The predicted molar refractivity (Wildman–Crippen MR) is 90.0 cm³/mol. The second-order valence-electron chi connectivity index (χ2n) is 5.69. The van der Waals surface area contributed by atoms with Crippen molar-refractivity contribution >= 4 is 12.6 Å². The number of halogens is 3. The fourth-order valence-corrected chi connectivity index (χ4v) is 2.04. The van der Waals surface area contributed by atoms with Crippen LogP contribution in [0.5, 0.6) is 0 Å². The maximum absolute atomic E-state index is 12.7. The van der Waals surface area contributed by atoms with Gasteiger partial charge in [0.2, 0.25) is 0 Å². The first-order chi connectivity index (χ1) is 10.7. The van der Waals surface area contributed by atoms with E-state index in [4.69, 9.17) is 9.31 Å². The van der Waals surface area contributed by atoms with Crippen LogP contribution in [0.4, 0.5) is 13.2 Å².